The summed E-state index contributed by atoms with van der Waals surface area (Å²) in [5.41, 5.74) is 1.71. The van der Waals surface area contributed by atoms with Gasteiger partial charge in [0.15, 0.2) is 0 Å². The van der Waals surface area contributed by atoms with E-state index in [4.69, 9.17) is 11.6 Å². The SMILES string of the molecule is O=C(CCCc1ccc(Cl)cc1)Nc1sccc1C(=O)NC1CC1. The molecule has 1 fully saturated rings. The highest BCUT2D eigenvalue weighted by Crippen LogP contribution is 2.26. The number of thiophene rings is 1. The Hall–Kier alpha value is -1.85. The number of rotatable bonds is 7. The Bertz CT molecular complexity index is 723. The molecule has 0 atom stereocenters. The van der Waals surface area contributed by atoms with Crippen molar-refractivity contribution in [1.29, 1.82) is 0 Å². The average Bonchev–Trinajstić information content (AvgIpc) is 3.25. The summed E-state index contributed by atoms with van der Waals surface area (Å²) in [7, 11) is 0. The van der Waals surface area contributed by atoms with Gasteiger partial charge in [0.05, 0.1) is 5.56 Å². The summed E-state index contributed by atoms with van der Waals surface area (Å²) in [6.07, 6.45) is 4.08. The third-order valence-electron chi connectivity index (χ3n) is 3.86. The van der Waals surface area contributed by atoms with E-state index in [0.717, 1.165) is 31.2 Å². The fourth-order valence-electron chi connectivity index (χ4n) is 2.37. The van der Waals surface area contributed by atoms with Gasteiger partial charge in [-0.15, -0.1) is 11.3 Å². The van der Waals surface area contributed by atoms with Gasteiger partial charge >= 0.3 is 0 Å². The van der Waals surface area contributed by atoms with Crippen molar-refractivity contribution >= 4 is 39.8 Å². The summed E-state index contributed by atoms with van der Waals surface area (Å²) in [5.74, 6) is -0.165. The summed E-state index contributed by atoms with van der Waals surface area (Å²) >= 11 is 7.23. The zero-order valence-corrected chi connectivity index (χ0v) is 14.8. The molecule has 0 spiro atoms. The van der Waals surface area contributed by atoms with E-state index in [2.05, 4.69) is 10.6 Å². The molecule has 1 aliphatic rings. The predicted molar refractivity (Wildman–Crippen MR) is 97.8 cm³/mol. The zero-order valence-electron chi connectivity index (χ0n) is 13.2. The fraction of sp³-hybridized carbons (Fsp3) is 0.333. The van der Waals surface area contributed by atoms with Gasteiger partial charge < -0.3 is 10.6 Å². The highest BCUT2D eigenvalue weighted by molar-refractivity contribution is 7.14. The summed E-state index contributed by atoms with van der Waals surface area (Å²) in [6, 6.07) is 9.71. The summed E-state index contributed by atoms with van der Waals surface area (Å²) in [6.45, 7) is 0. The second-order valence-corrected chi connectivity index (χ2v) is 7.29. The first-order valence-electron chi connectivity index (χ1n) is 8.04. The molecule has 4 nitrogen and oxygen atoms in total. The van der Waals surface area contributed by atoms with E-state index in [-0.39, 0.29) is 11.8 Å². The van der Waals surface area contributed by atoms with Crippen molar-refractivity contribution < 1.29 is 9.59 Å². The first-order valence-corrected chi connectivity index (χ1v) is 9.30. The quantitative estimate of drug-likeness (QED) is 0.773. The molecular weight excluding hydrogens is 344 g/mol. The van der Waals surface area contributed by atoms with E-state index in [1.165, 1.54) is 11.3 Å². The van der Waals surface area contributed by atoms with Crippen LogP contribution in [0, 0.1) is 0 Å². The van der Waals surface area contributed by atoms with E-state index in [1.54, 1.807) is 6.07 Å². The highest BCUT2D eigenvalue weighted by atomic mass is 35.5. The smallest absolute Gasteiger partial charge is 0.254 e. The van der Waals surface area contributed by atoms with Crippen LogP contribution >= 0.6 is 22.9 Å². The molecule has 6 heteroatoms. The molecule has 2 amide bonds. The number of hydrogen-bond acceptors (Lipinski definition) is 3. The molecule has 2 aromatic rings. The largest absolute Gasteiger partial charge is 0.349 e. The van der Waals surface area contributed by atoms with Crippen molar-refractivity contribution in [2.75, 3.05) is 5.32 Å². The minimum Gasteiger partial charge on any atom is -0.349 e. The number of carbonyl (C=O) groups is 2. The van der Waals surface area contributed by atoms with Crippen LogP contribution in [0.2, 0.25) is 5.02 Å². The monoisotopic (exact) mass is 362 g/mol. The van der Waals surface area contributed by atoms with Crippen molar-refractivity contribution in [3.05, 3.63) is 51.9 Å². The fourth-order valence-corrected chi connectivity index (χ4v) is 3.30. The first-order chi connectivity index (χ1) is 11.6. The minimum absolute atomic E-state index is 0.0631. The molecule has 126 valence electrons. The maximum absolute atomic E-state index is 12.1. The van der Waals surface area contributed by atoms with Gasteiger partial charge in [0.1, 0.15) is 5.00 Å². The van der Waals surface area contributed by atoms with Crippen molar-refractivity contribution in [3.8, 4) is 0 Å². The van der Waals surface area contributed by atoms with Gasteiger partial charge in [-0.25, -0.2) is 0 Å². The third kappa shape index (κ3) is 4.82. The Morgan fingerprint density at radius 1 is 1.17 bits per heavy atom. The van der Waals surface area contributed by atoms with Crippen LogP contribution in [0.25, 0.3) is 0 Å². The normalized spacial score (nSPS) is 13.5. The Morgan fingerprint density at radius 2 is 1.92 bits per heavy atom. The van der Waals surface area contributed by atoms with Crippen LogP contribution < -0.4 is 10.6 Å². The Labute approximate surface area is 150 Å². The van der Waals surface area contributed by atoms with Crippen molar-refractivity contribution in [2.24, 2.45) is 0 Å². The van der Waals surface area contributed by atoms with Crippen LogP contribution in [-0.4, -0.2) is 17.9 Å². The lowest BCUT2D eigenvalue weighted by atomic mass is 10.1. The van der Waals surface area contributed by atoms with Crippen LogP contribution in [0.3, 0.4) is 0 Å². The molecule has 2 N–H and O–H groups in total. The molecular formula is C18H19ClN2O2S. The van der Waals surface area contributed by atoms with Gasteiger partial charge in [-0.1, -0.05) is 23.7 Å². The predicted octanol–water partition coefficient (Wildman–Crippen LogP) is 4.26. The second-order valence-electron chi connectivity index (χ2n) is 5.94. The Kier molecular flexibility index (Phi) is 5.53. The molecule has 1 heterocycles. The van der Waals surface area contributed by atoms with Crippen LogP contribution in [0.15, 0.2) is 35.7 Å². The molecule has 0 saturated heterocycles. The molecule has 1 aromatic carbocycles. The van der Waals surface area contributed by atoms with Gasteiger partial charge in [0.2, 0.25) is 5.91 Å². The highest BCUT2D eigenvalue weighted by Gasteiger charge is 2.25. The Morgan fingerprint density at radius 3 is 2.62 bits per heavy atom. The molecule has 0 unspecified atom stereocenters. The lowest BCUT2D eigenvalue weighted by Gasteiger charge is -2.07. The molecule has 0 aliphatic heterocycles. The number of benzene rings is 1. The molecule has 24 heavy (non-hydrogen) atoms. The zero-order chi connectivity index (χ0) is 16.9. The van der Waals surface area contributed by atoms with Crippen molar-refractivity contribution in [2.45, 2.75) is 38.1 Å². The van der Waals surface area contributed by atoms with Crippen LogP contribution in [-0.2, 0) is 11.2 Å². The van der Waals surface area contributed by atoms with Gasteiger partial charge in [-0.2, -0.15) is 0 Å². The van der Waals surface area contributed by atoms with E-state index in [1.807, 2.05) is 29.6 Å². The molecule has 3 rings (SSSR count). The third-order valence-corrected chi connectivity index (χ3v) is 4.94. The molecule has 1 aromatic heterocycles. The second kappa shape index (κ2) is 7.81. The van der Waals surface area contributed by atoms with Gasteiger partial charge in [0.25, 0.3) is 5.91 Å². The van der Waals surface area contributed by atoms with E-state index < -0.39 is 0 Å². The van der Waals surface area contributed by atoms with E-state index in [0.29, 0.717) is 28.0 Å². The maximum Gasteiger partial charge on any atom is 0.254 e. The lowest BCUT2D eigenvalue weighted by Crippen LogP contribution is -2.26. The number of amides is 2. The summed E-state index contributed by atoms with van der Waals surface area (Å²) in [4.78, 5) is 24.2. The number of aryl methyl sites for hydroxylation is 1. The average molecular weight is 363 g/mol. The lowest BCUT2D eigenvalue weighted by molar-refractivity contribution is -0.116. The van der Waals surface area contributed by atoms with Crippen LogP contribution in [0.4, 0.5) is 5.00 Å². The van der Waals surface area contributed by atoms with Crippen LogP contribution in [0.1, 0.15) is 41.6 Å². The number of nitrogens with one attached hydrogen (secondary N) is 2. The number of halogens is 1. The molecule has 0 radical (unpaired) electrons. The standard InChI is InChI=1S/C18H19ClN2O2S/c19-13-6-4-12(5-7-13)2-1-3-16(22)21-18-15(10-11-24-18)17(23)20-14-8-9-14/h4-7,10-11,14H,1-3,8-9H2,(H,20,23)(H,21,22). The van der Waals surface area contributed by atoms with Gasteiger partial charge in [0, 0.05) is 17.5 Å². The topological polar surface area (TPSA) is 58.2 Å². The minimum atomic E-state index is -0.102. The van der Waals surface area contributed by atoms with E-state index in [9.17, 15) is 9.59 Å². The van der Waals surface area contributed by atoms with Gasteiger partial charge in [-0.3, -0.25) is 9.59 Å². The number of anilines is 1. The first kappa shape index (κ1) is 17.0. The Balaban J connectivity index is 1.47. The van der Waals surface area contributed by atoms with Crippen molar-refractivity contribution in [1.82, 2.24) is 5.32 Å². The number of carbonyl (C=O) groups excluding carboxylic acids is 2. The molecule has 1 saturated carbocycles. The van der Waals surface area contributed by atoms with E-state index >= 15 is 0 Å². The van der Waals surface area contributed by atoms with Crippen molar-refractivity contribution in [3.63, 3.8) is 0 Å². The molecule has 0 bridgehead atoms. The number of hydrogen-bond donors (Lipinski definition) is 2. The molecule has 1 aliphatic carbocycles. The van der Waals surface area contributed by atoms with Crippen LogP contribution in [0.5, 0.6) is 0 Å². The summed E-state index contributed by atoms with van der Waals surface area (Å²) < 4.78 is 0. The van der Waals surface area contributed by atoms with Gasteiger partial charge in [-0.05, 0) is 54.8 Å². The summed E-state index contributed by atoms with van der Waals surface area (Å²) in [5, 5.41) is 8.97. The maximum atomic E-state index is 12.1.